The van der Waals surface area contributed by atoms with Crippen LogP contribution in [-0.4, -0.2) is 29.2 Å². The van der Waals surface area contributed by atoms with Gasteiger partial charge >= 0.3 is 6.18 Å². The summed E-state index contributed by atoms with van der Waals surface area (Å²) in [5, 5.41) is 5.82. The Morgan fingerprint density at radius 2 is 1.91 bits per heavy atom. The first-order valence-electron chi connectivity index (χ1n) is 9.77. The molecule has 32 heavy (non-hydrogen) atoms. The number of hydrogen-bond acceptors (Lipinski definition) is 4. The molecule has 0 saturated carbocycles. The Bertz CT molecular complexity index is 1110. The van der Waals surface area contributed by atoms with Crippen LogP contribution >= 0.6 is 11.3 Å². The van der Waals surface area contributed by atoms with Crippen LogP contribution in [0.3, 0.4) is 0 Å². The van der Waals surface area contributed by atoms with Crippen molar-refractivity contribution in [2.45, 2.75) is 25.2 Å². The standard InChI is InChI=1S/C23H18F4N2O2S/c24-18-4-1-3-16(11-18)20-12-19(31-28-20)14-29(22(30)21-5-2-10-32-21)13-15-6-8-17(9-7-15)23(25,26)27/h1-11,19H,12-14H2/t19-/m1/s1. The number of rotatable bonds is 6. The largest absolute Gasteiger partial charge is 0.416 e. The van der Waals surface area contributed by atoms with Crippen molar-refractivity contribution in [3.05, 3.63) is 93.4 Å². The van der Waals surface area contributed by atoms with Gasteiger partial charge in [0, 0.05) is 18.5 Å². The molecule has 0 bridgehead atoms. The number of alkyl halides is 3. The first kappa shape index (κ1) is 22.0. The van der Waals surface area contributed by atoms with Crippen molar-refractivity contribution < 1.29 is 27.2 Å². The Morgan fingerprint density at radius 3 is 2.56 bits per heavy atom. The normalized spacial score (nSPS) is 15.9. The number of carbonyl (C=O) groups is 1. The number of benzene rings is 2. The van der Waals surface area contributed by atoms with Gasteiger partial charge in [0.05, 0.1) is 22.7 Å². The second kappa shape index (κ2) is 9.12. The molecular weight excluding hydrogens is 444 g/mol. The first-order chi connectivity index (χ1) is 15.3. The molecule has 0 unspecified atom stereocenters. The highest BCUT2D eigenvalue weighted by Gasteiger charge is 2.31. The predicted octanol–water partition coefficient (Wildman–Crippen LogP) is 5.74. The summed E-state index contributed by atoms with van der Waals surface area (Å²) in [6.07, 6.45) is -4.50. The zero-order valence-corrected chi connectivity index (χ0v) is 17.5. The molecule has 166 valence electrons. The number of oxime groups is 1. The van der Waals surface area contributed by atoms with Crippen molar-refractivity contribution >= 4 is 23.0 Å². The predicted molar refractivity (Wildman–Crippen MR) is 113 cm³/mol. The minimum absolute atomic E-state index is 0.115. The lowest BCUT2D eigenvalue weighted by Gasteiger charge is -2.24. The zero-order chi connectivity index (χ0) is 22.7. The van der Waals surface area contributed by atoms with E-state index in [-0.39, 0.29) is 24.8 Å². The van der Waals surface area contributed by atoms with Crippen LogP contribution in [0.4, 0.5) is 17.6 Å². The third-order valence-corrected chi connectivity index (χ3v) is 5.85. The van der Waals surface area contributed by atoms with Crippen molar-refractivity contribution in [1.29, 1.82) is 0 Å². The molecule has 1 aromatic heterocycles. The van der Waals surface area contributed by atoms with Gasteiger partial charge in [0.2, 0.25) is 0 Å². The van der Waals surface area contributed by atoms with Gasteiger partial charge in [-0.2, -0.15) is 13.2 Å². The van der Waals surface area contributed by atoms with Crippen molar-refractivity contribution in [2.24, 2.45) is 5.16 Å². The van der Waals surface area contributed by atoms with Crippen LogP contribution in [0.1, 0.15) is 32.8 Å². The van der Waals surface area contributed by atoms with E-state index in [9.17, 15) is 22.4 Å². The molecule has 0 saturated heterocycles. The summed E-state index contributed by atoms with van der Waals surface area (Å²) < 4.78 is 52.1. The van der Waals surface area contributed by atoms with Gasteiger partial charge in [-0.15, -0.1) is 11.3 Å². The average Bonchev–Trinajstić information content (AvgIpc) is 3.45. The van der Waals surface area contributed by atoms with E-state index in [2.05, 4.69) is 5.16 Å². The minimum Gasteiger partial charge on any atom is -0.390 e. The fourth-order valence-corrected chi connectivity index (χ4v) is 4.10. The Balaban J connectivity index is 1.49. The fourth-order valence-electron chi connectivity index (χ4n) is 3.41. The van der Waals surface area contributed by atoms with Crippen molar-refractivity contribution in [1.82, 2.24) is 4.90 Å². The molecule has 3 aromatic rings. The Kier molecular flexibility index (Phi) is 6.27. The second-order valence-corrected chi connectivity index (χ2v) is 8.29. The monoisotopic (exact) mass is 462 g/mol. The van der Waals surface area contributed by atoms with Crippen molar-refractivity contribution in [3.8, 4) is 0 Å². The summed E-state index contributed by atoms with van der Waals surface area (Å²) in [6, 6.07) is 14.2. The Morgan fingerprint density at radius 1 is 1.12 bits per heavy atom. The number of amides is 1. The van der Waals surface area contributed by atoms with E-state index >= 15 is 0 Å². The van der Waals surface area contributed by atoms with Crippen LogP contribution in [0.15, 0.2) is 71.2 Å². The lowest BCUT2D eigenvalue weighted by atomic mass is 10.0. The van der Waals surface area contributed by atoms with Gasteiger partial charge in [0.25, 0.3) is 5.91 Å². The first-order valence-corrected chi connectivity index (χ1v) is 10.6. The number of nitrogens with zero attached hydrogens (tertiary/aromatic N) is 2. The Hall–Kier alpha value is -3.20. The fraction of sp³-hybridized carbons (Fsp3) is 0.217. The SMILES string of the molecule is O=C(c1cccs1)N(Cc1ccc(C(F)(F)F)cc1)C[C@H]1CC(c2cccc(F)c2)=NO1. The summed E-state index contributed by atoms with van der Waals surface area (Å²) in [6.45, 7) is 0.296. The maximum atomic E-state index is 13.5. The van der Waals surface area contributed by atoms with Crippen LogP contribution in [-0.2, 0) is 17.6 Å². The molecule has 1 aliphatic heterocycles. The van der Waals surface area contributed by atoms with Crippen LogP contribution < -0.4 is 0 Å². The molecule has 0 N–H and O–H groups in total. The molecule has 2 heterocycles. The Labute approximate surface area is 185 Å². The van der Waals surface area contributed by atoms with E-state index in [4.69, 9.17) is 4.84 Å². The zero-order valence-electron chi connectivity index (χ0n) is 16.7. The van der Waals surface area contributed by atoms with Gasteiger partial charge in [-0.05, 0) is 41.3 Å². The highest BCUT2D eigenvalue weighted by Crippen LogP contribution is 2.29. The lowest BCUT2D eigenvalue weighted by molar-refractivity contribution is -0.137. The number of hydrogen-bond donors (Lipinski definition) is 0. The summed E-state index contributed by atoms with van der Waals surface area (Å²) in [7, 11) is 0. The summed E-state index contributed by atoms with van der Waals surface area (Å²) in [4.78, 5) is 20.6. The molecule has 4 nitrogen and oxygen atoms in total. The summed E-state index contributed by atoms with van der Waals surface area (Å²) in [5.41, 5.74) is 0.996. The van der Waals surface area contributed by atoms with Crippen molar-refractivity contribution in [3.63, 3.8) is 0 Å². The maximum absolute atomic E-state index is 13.5. The number of carbonyl (C=O) groups excluding carboxylic acids is 1. The second-order valence-electron chi connectivity index (χ2n) is 7.34. The summed E-state index contributed by atoms with van der Waals surface area (Å²) >= 11 is 1.28. The van der Waals surface area contributed by atoms with E-state index in [0.29, 0.717) is 28.1 Å². The summed E-state index contributed by atoms with van der Waals surface area (Å²) in [5.74, 6) is -0.631. The van der Waals surface area contributed by atoms with Crippen LogP contribution in [0, 0.1) is 5.82 Å². The van der Waals surface area contributed by atoms with Gasteiger partial charge in [0.1, 0.15) is 5.82 Å². The third kappa shape index (κ3) is 5.16. The molecule has 0 fully saturated rings. The smallest absolute Gasteiger partial charge is 0.390 e. The van der Waals surface area contributed by atoms with Crippen molar-refractivity contribution in [2.75, 3.05) is 6.54 Å². The highest BCUT2D eigenvalue weighted by molar-refractivity contribution is 7.12. The molecule has 1 atom stereocenters. The third-order valence-electron chi connectivity index (χ3n) is 4.99. The van der Waals surface area contributed by atoms with Gasteiger partial charge in [-0.3, -0.25) is 4.79 Å². The van der Waals surface area contributed by atoms with E-state index in [1.807, 2.05) is 0 Å². The molecule has 9 heteroatoms. The topological polar surface area (TPSA) is 41.9 Å². The lowest BCUT2D eigenvalue weighted by Crippen LogP contribution is -2.37. The van der Waals surface area contributed by atoms with Gasteiger partial charge in [-0.25, -0.2) is 4.39 Å². The van der Waals surface area contributed by atoms with Crippen LogP contribution in [0.5, 0.6) is 0 Å². The average molecular weight is 462 g/mol. The molecule has 0 spiro atoms. The van der Waals surface area contributed by atoms with E-state index < -0.39 is 17.8 Å². The molecule has 1 amide bonds. The van der Waals surface area contributed by atoms with Crippen LogP contribution in [0.2, 0.25) is 0 Å². The van der Waals surface area contributed by atoms with Crippen LogP contribution in [0.25, 0.3) is 0 Å². The highest BCUT2D eigenvalue weighted by atomic mass is 32.1. The maximum Gasteiger partial charge on any atom is 0.416 e. The molecule has 1 aliphatic rings. The van der Waals surface area contributed by atoms with E-state index in [0.717, 1.165) is 12.1 Å². The molecule has 4 rings (SSSR count). The molecule has 0 aliphatic carbocycles. The molecule has 2 aromatic carbocycles. The van der Waals surface area contributed by atoms with Gasteiger partial charge in [0.15, 0.2) is 6.10 Å². The minimum atomic E-state index is -4.42. The number of halogens is 4. The van der Waals surface area contributed by atoms with Gasteiger partial charge in [-0.1, -0.05) is 35.5 Å². The molecular formula is C23H18F4N2O2S. The molecule has 0 radical (unpaired) electrons. The van der Waals surface area contributed by atoms with E-state index in [1.165, 1.54) is 40.5 Å². The quantitative estimate of drug-likeness (QED) is 0.439. The van der Waals surface area contributed by atoms with Gasteiger partial charge < -0.3 is 9.74 Å². The number of thiophene rings is 1. The van der Waals surface area contributed by atoms with E-state index in [1.54, 1.807) is 29.6 Å².